The first-order chi connectivity index (χ1) is 14.3. The SMILES string of the molecule is C[C@H]1CN(Cc2ccc(C(=N)N)cc2)C(=O)[C@H](C)N1Cc1cc2ccc(Cl)cc2s1. The van der Waals surface area contributed by atoms with E-state index in [1.807, 2.05) is 54.3 Å². The summed E-state index contributed by atoms with van der Waals surface area (Å²) in [5.41, 5.74) is 7.26. The summed E-state index contributed by atoms with van der Waals surface area (Å²) in [5.74, 6) is 0.199. The predicted molar refractivity (Wildman–Crippen MR) is 124 cm³/mol. The highest BCUT2D eigenvalue weighted by Gasteiger charge is 2.36. The van der Waals surface area contributed by atoms with Gasteiger partial charge in [0.05, 0.1) is 6.04 Å². The molecule has 0 radical (unpaired) electrons. The second-order valence-corrected chi connectivity index (χ2v) is 9.53. The van der Waals surface area contributed by atoms with Crippen LogP contribution in [0.2, 0.25) is 5.02 Å². The Morgan fingerprint density at radius 1 is 1.17 bits per heavy atom. The second-order valence-electron chi connectivity index (χ2n) is 7.92. The molecule has 4 rings (SSSR count). The molecule has 0 aliphatic carbocycles. The van der Waals surface area contributed by atoms with E-state index in [1.54, 1.807) is 11.3 Å². The first-order valence-corrected chi connectivity index (χ1v) is 11.2. The summed E-state index contributed by atoms with van der Waals surface area (Å²) in [7, 11) is 0. The largest absolute Gasteiger partial charge is 0.384 e. The van der Waals surface area contributed by atoms with Crippen LogP contribution in [0.1, 0.15) is 29.9 Å². The van der Waals surface area contributed by atoms with E-state index in [4.69, 9.17) is 22.7 Å². The minimum absolute atomic E-state index is 0.0528. The van der Waals surface area contributed by atoms with Gasteiger partial charge in [0, 0.05) is 45.8 Å². The highest BCUT2D eigenvalue weighted by atomic mass is 35.5. The van der Waals surface area contributed by atoms with Crippen molar-refractivity contribution in [3.8, 4) is 0 Å². The third kappa shape index (κ3) is 4.21. The average molecular weight is 441 g/mol. The molecule has 1 aromatic heterocycles. The van der Waals surface area contributed by atoms with Crippen LogP contribution in [0.4, 0.5) is 0 Å². The summed E-state index contributed by atoms with van der Waals surface area (Å²) in [4.78, 5) is 18.5. The number of hydrogen-bond acceptors (Lipinski definition) is 4. The van der Waals surface area contributed by atoms with Crippen molar-refractivity contribution in [1.82, 2.24) is 9.80 Å². The maximum absolute atomic E-state index is 13.1. The van der Waals surface area contributed by atoms with E-state index in [1.165, 1.54) is 15.0 Å². The molecule has 3 aromatic rings. The van der Waals surface area contributed by atoms with Crippen molar-refractivity contribution in [3.63, 3.8) is 0 Å². The van der Waals surface area contributed by atoms with E-state index in [0.29, 0.717) is 18.7 Å². The number of amidine groups is 1. The van der Waals surface area contributed by atoms with Crippen molar-refractivity contribution in [2.24, 2.45) is 5.73 Å². The Balaban J connectivity index is 1.46. The number of nitrogens with two attached hydrogens (primary N) is 1. The summed E-state index contributed by atoms with van der Waals surface area (Å²) in [6.07, 6.45) is 0. The molecule has 30 heavy (non-hydrogen) atoms. The molecule has 1 aliphatic heterocycles. The van der Waals surface area contributed by atoms with E-state index in [0.717, 1.165) is 17.1 Å². The number of carbonyl (C=O) groups excluding carboxylic acids is 1. The van der Waals surface area contributed by atoms with Crippen molar-refractivity contribution in [2.45, 2.75) is 39.0 Å². The Morgan fingerprint density at radius 2 is 1.90 bits per heavy atom. The van der Waals surface area contributed by atoms with Gasteiger partial charge in [-0.2, -0.15) is 0 Å². The third-order valence-electron chi connectivity index (χ3n) is 5.73. The van der Waals surface area contributed by atoms with Crippen molar-refractivity contribution < 1.29 is 4.79 Å². The number of piperazine rings is 1. The Kier molecular flexibility index (Phi) is 5.82. The van der Waals surface area contributed by atoms with Gasteiger partial charge in [-0.05, 0) is 43.0 Å². The quantitative estimate of drug-likeness (QED) is 0.454. The summed E-state index contributed by atoms with van der Waals surface area (Å²) >= 11 is 7.86. The van der Waals surface area contributed by atoms with Gasteiger partial charge in [0.25, 0.3) is 0 Å². The van der Waals surface area contributed by atoms with Crippen molar-refractivity contribution in [1.29, 1.82) is 5.41 Å². The van der Waals surface area contributed by atoms with Gasteiger partial charge in [-0.3, -0.25) is 15.1 Å². The van der Waals surface area contributed by atoms with Crippen molar-refractivity contribution >= 4 is 44.8 Å². The molecular weight excluding hydrogens is 416 g/mol. The summed E-state index contributed by atoms with van der Waals surface area (Å²) in [6.45, 7) is 6.19. The predicted octanol–water partition coefficient (Wildman–Crippen LogP) is 4.46. The van der Waals surface area contributed by atoms with Crippen LogP contribution in [-0.2, 0) is 17.9 Å². The Hall–Kier alpha value is -2.41. The monoisotopic (exact) mass is 440 g/mol. The molecule has 2 atom stereocenters. The number of nitrogens with zero attached hydrogens (tertiary/aromatic N) is 2. The fraction of sp³-hybridized carbons (Fsp3) is 0.304. The number of carbonyl (C=O) groups is 1. The lowest BCUT2D eigenvalue weighted by atomic mass is 10.0. The molecule has 0 bridgehead atoms. The van der Waals surface area contributed by atoms with Gasteiger partial charge < -0.3 is 10.6 Å². The van der Waals surface area contributed by atoms with Crippen LogP contribution >= 0.6 is 22.9 Å². The van der Waals surface area contributed by atoms with E-state index in [2.05, 4.69) is 17.9 Å². The Labute approximate surface area is 185 Å². The van der Waals surface area contributed by atoms with Gasteiger partial charge >= 0.3 is 0 Å². The van der Waals surface area contributed by atoms with Gasteiger partial charge in [0.2, 0.25) is 5.91 Å². The summed E-state index contributed by atoms with van der Waals surface area (Å²) in [6, 6.07) is 15.8. The van der Waals surface area contributed by atoms with Gasteiger partial charge in [-0.15, -0.1) is 11.3 Å². The first-order valence-electron chi connectivity index (χ1n) is 9.97. The second kappa shape index (κ2) is 8.38. The molecule has 1 fully saturated rings. The van der Waals surface area contributed by atoms with Crippen LogP contribution in [0.25, 0.3) is 10.1 Å². The van der Waals surface area contributed by atoms with Crippen LogP contribution in [0.5, 0.6) is 0 Å². The highest BCUT2D eigenvalue weighted by molar-refractivity contribution is 7.19. The molecule has 5 nitrogen and oxygen atoms in total. The number of amides is 1. The molecule has 0 saturated carbocycles. The van der Waals surface area contributed by atoms with Gasteiger partial charge in [-0.1, -0.05) is 41.9 Å². The van der Waals surface area contributed by atoms with Gasteiger partial charge in [-0.25, -0.2) is 0 Å². The molecule has 1 aliphatic rings. The number of rotatable bonds is 5. The maximum Gasteiger partial charge on any atom is 0.240 e. The first kappa shape index (κ1) is 20.8. The minimum Gasteiger partial charge on any atom is -0.384 e. The summed E-state index contributed by atoms with van der Waals surface area (Å²) < 4.78 is 1.18. The van der Waals surface area contributed by atoms with Gasteiger partial charge in [0.15, 0.2) is 0 Å². The van der Waals surface area contributed by atoms with Crippen LogP contribution in [0.15, 0.2) is 48.5 Å². The minimum atomic E-state index is -0.181. The molecule has 1 amide bonds. The zero-order chi connectivity index (χ0) is 21.4. The zero-order valence-corrected chi connectivity index (χ0v) is 18.6. The van der Waals surface area contributed by atoms with Crippen LogP contribution in [0, 0.1) is 5.41 Å². The third-order valence-corrected chi connectivity index (χ3v) is 7.04. The van der Waals surface area contributed by atoms with E-state index in [9.17, 15) is 4.79 Å². The fourth-order valence-electron chi connectivity index (χ4n) is 4.06. The Morgan fingerprint density at radius 3 is 2.60 bits per heavy atom. The van der Waals surface area contributed by atoms with Gasteiger partial charge in [0.1, 0.15) is 5.84 Å². The standard InChI is InChI=1S/C23H25ClN4OS/c1-14-11-27(12-16-3-5-17(6-4-16)22(25)26)23(29)15(2)28(14)13-20-9-18-7-8-19(24)10-21(18)30-20/h3-10,14-15H,11-13H2,1-2H3,(H3,25,26)/t14-,15-/m0/s1. The molecule has 0 spiro atoms. The summed E-state index contributed by atoms with van der Waals surface area (Å²) in [5, 5.41) is 9.45. The molecule has 7 heteroatoms. The number of fused-ring (bicyclic) bond motifs is 1. The number of hydrogen-bond donors (Lipinski definition) is 2. The highest BCUT2D eigenvalue weighted by Crippen LogP contribution is 2.31. The number of halogens is 1. The lowest BCUT2D eigenvalue weighted by Gasteiger charge is -2.43. The number of benzene rings is 2. The number of nitrogen functional groups attached to an aromatic ring is 1. The normalized spacial score (nSPS) is 20.1. The van der Waals surface area contributed by atoms with E-state index in [-0.39, 0.29) is 23.8 Å². The lowest BCUT2D eigenvalue weighted by Crippen LogP contribution is -2.59. The number of thiophene rings is 1. The Bertz CT molecular complexity index is 1090. The fourth-order valence-corrected chi connectivity index (χ4v) is 5.41. The molecule has 1 saturated heterocycles. The van der Waals surface area contributed by atoms with Crippen LogP contribution < -0.4 is 5.73 Å². The van der Waals surface area contributed by atoms with E-state index < -0.39 is 0 Å². The molecular formula is C23H25ClN4OS. The molecule has 2 aromatic carbocycles. The van der Waals surface area contributed by atoms with Crippen molar-refractivity contribution in [3.05, 3.63) is 69.6 Å². The van der Waals surface area contributed by atoms with Crippen molar-refractivity contribution in [2.75, 3.05) is 6.54 Å². The molecule has 156 valence electrons. The zero-order valence-electron chi connectivity index (χ0n) is 17.1. The number of nitrogens with one attached hydrogen (secondary N) is 1. The van der Waals surface area contributed by atoms with Crippen LogP contribution in [-0.4, -0.2) is 40.2 Å². The maximum atomic E-state index is 13.1. The van der Waals surface area contributed by atoms with Crippen LogP contribution in [0.3, 0.4) is 0 Å². The smallest absolute Gasteiger partial charge is 0.240 e. The van der Waals surface area contributed by atoms with E-state index >= 15 is 0 Å². The topological polar surface area (TPSA) is 73.4 Å². The molecule has 2 heterocycles. The molecule has 3 N–H and O–H groups in total. The average Bonchev–Trinajstić information content (AvgIpc) is 3.11. The lowest BCUT2D eigenvalue weighted by molar-refractivity contribution is -0.145. The molecule has 0 unspecified atom stereocenters.